The van der Waals surface area contributed by atoms with Crippen molar-refractivity contribution in [1.82, 2.24) is 19.8 Å². The van der Waals surface area contributed by atoms with Gasteiger partial charge in [0, 0.05) is 35.9 Å². The number of rotatable bonds is 6. The molecule has 1 aromatic heterocycles. The molecule has 0 unspecified atom stereocenters. The number of carboxylic acid groups (broad SMARTS) is 2. The number of carbonyl (C=O) groups is 4. The van der Waals surface area contributed by atoms with E-state index in [-0.39, 0.29) is 28.2 Å². The SMILES string of the molecule is CS[C@@]1(C)C(=O)N2[C@H]3N(c4ccc5oc6cc(=O)c(N)c(C(=O)O)c-6nc5c4C(=O)O)c4ccccc4[C@@]3(c3c[nH]c4ccccc34)[C@H](O)[C@]2(SC)C(=O)N1C. The summed E-state index contributed by atoms with van der Waals surface area (Å²) < 4.78 is 5.96. The number of nitrogens with one attached hydrogen (secondary N) is 1. The smallest absolute Gasteiger partial charge is 0.340 e. The van der Waals surface area contributed by atoms with Gasteiger partial charge in [-0.25, -0.2) is 14.6 Å². The van der Waals surface area contributed by atoms with Crippen molar-refractivity contribution in [3.8, 4) is 11.5 Å². The van der Waals surface area contributed by atoms with Crippen molar-refractivity contribution < 1.29 is 38.9 Å². The predicted molar refractivity (Wildman–Crippen MR) is 210 cm³/mol. The number of nitrogens with two attached hydrogens (primary N) is 1. The molecule has 2 saturated heterocycles. The Kier molecular flexibility index (Phi) is 7.47. The average Bonchev–Trinajstić information content (AvgIpc) is 3.81. The minimum atomic E-state index is -1.90. The Morgan fingerprint density at radius 3 is 2.30 bits per heavy atom. The maximum atomic E-state index is 15.3. The first-order chi connectivity index (χ1) is 26.7. The number of aromatic amines is 1. The minimum Gasteiger partial charge on any atom is -0.478 e. The molecule has 0 radical (unpaired) electrons. The van der Waals surface area contributed by atoms with Crippen LogP contribution < -0.4 is 16.1 Å². The van der Waals surface area contributed by atoms with Crippen molar-refractivity contribution in [1.29, 1.82) is 0 Å². The second-order valence-corrected chi connectivity index (χ2v) is 16.3. The van der Waals surface area contributed by atoms with Crippen LogP contribution in [0.1, 0.15) is 38.8 Å². The summed E-state index contributed by atoms with van der Waals surface area (Å²) in [6.07, 6.45) is 2.27. The molecule has 4 aliphatic heterocycles. The Morgan fingerprint density at radius 1 is 0.911 bits per heavy atom. The number of carbonyl (C=O) groups excluding carboxylic acids is 2. The standard InChI is InChI=1S/C39H32N6O9S2/c1-37(55-3)35(52)45-34-38(19-16-41-20-11-7-5-9-17(19)20,33(51)39(45,56-4)36(53)43(37)2)18-10-6-8-12-21(18)44(34)22-13-14-24-29(26(22)31(47)48)42-30-25(54-24)15-23(46)28(40)27(30)32(49)50/h5-16,33-34,41,51H,40H2,1-4H3,(H,47,48)(H,49,50)/t33-,34+,37-,38+,39-/m0/s1. The topological polar surface area (TPSA) is 224 Å². The van der Waals surface area contributed by atoms with E-state index in [0.29, 0.717) is 22.2 Å². The zero-order valence-electron chi connectivity index (χ0n) is 30.1. The summed E-state index contributed by atoms with van der Waals surface area (Å²) in [5.74, 6) is -4.27. The van der Waals surface area contributed by atoms with Crippen LogP contribution in [0.4, 0.5) is 17.1 Å². The van der Waals surface area contributed by atoms with Crippen LogP contribution in [0.25, 0.3) is 33.5 Å². The summed E-state index contributed by atoms with van der Waals surface area (Å²) in [5.41, 5.74) is 3.41. The summed E-state index contributed by atoms with van der Waals surface area (Å²) >= 11 is 2.19. The van der Waals surface area contributed by atoms with Crippen molar-refractivity contribution in [2.75, 3.05) is 30.2 Å². The lowest BCUT2D eigenvalue weighted by Crippen LogP contribution is -2.75. The molecule has 0 spiro atoms. The highest BCUT2D eigenvalue weighted by atomic mass is 32.2. The third-order valence-electron chi connectivity index (χ3n) is 11.8. The molecule has 15 nitrogen and oxygen atoms in total. The summed E-state index contributed by atoms with van der Waals surface area (Å²) in [7, 11) is 1.54. The summed E-state index contributed by atoms with van der Waals surface area (Å²) in [5, 5.41) is 35.1. The number of para-hydroxylation sites is 2. The van der Waals surface area contributed by atoms with Gasteiger partial charge >= 0.3 is 11.9 Å². The molecule has 4 aromatic rings. The second-order valence-electron chi connectivity index (χ2n) is 14.0. The van der Waals surface area contributed by atoms with Crippen LogP contribution in [0, 0.1) is 0 Å². The molecule has 2 amide bonds. The van der Waals surface area contributed by atoms with Crippen LogP contribution in [0.15, 0.2) is 82.1 Å². The number of aliphatic hydroxyl groups excluding tert-OH is 1. The Hall–Kier alpha value is -6.04. The molecule has 1 aliphatic carbocycles. The van der Waals surface area contributed by atoms with Crippen molar-refractivity contribution in [3.05, 3.63) is 105 Å². The number of aliphatic hydroxyl groups is 1. The average molecular weight is 793 g/mol. The van der Waals surface area contributed by atoms with Gasteiger partial charge in [-0.3, -0.25) is 19.3 Å². The lowest BCUT2D eigenvalue weighted by molar-refractivity contribution is -0.166. The molecule has 284 valence electrons. The molecule has 0 bridgehead atoms. The number of hydrogen-bond acceptors (Lipinski definition) is 12. The van der Waals surface area contributed by atoms with E-state index in [1.807, 2.05) is 24.3 Å². The third kappa shape index (κ3) is 4.03. The number of hydrogen-bond donors (Lipinski definition) is 5. The first kappa shape index (κ1) is 35.6. The molecule has 5 aliphatic rings. The molecular weight excluding hydrogens is 761 g/mol. The van der Waals surface area contributed by atoms with Gasteiger partial charge in [-0.1, -0.05) is 36.4 Å². The fourth-order valence-electron chi connectivity index (χ4n) is 9.09. The molecule has 5 atom stereocenters. The van der Waals surface area contributed by atoms with Gasteiger partial charge in [0.2, 0.25) is 5.43 Å². The van der Waals surface area contributed by atoms with E-state index >= 15 is 4.79 Å². The van der Waals surface area contributed by atoms with E-state index in [9.17, 15) is 34.5 Å². The summed E-state index contributed by atoms with van der Waals surface area (Å²) in [6, 6.07) is 18.4. The number of fused-ring (bicyclic) bond motifs is 8. The van der Waals surface area contributed by atoms with Gasteiger partial charge in [-0.05, 0) is 54.8 Å². The Balaban J connectivity index is 1.44. The van der Waals surface area contributed by atoms with Crippen LogP contribution in [-0.2, 0) is 15.0 Å². The highest BCUT2D eigenvalue weighted by molar-refractivity contribution is 8.01. The molecule has 5 heterocycles. The second kappa shape index (κ2) is 11.7. The number of likely N-dealkylation sites (N-methyl/N-ethyl adjacent to an activating group) is 1. The number of aromatic nitrogens is 2. The zero-order valence-corrected chi connectivity index (χ0v) is 31.7. The summed E-state index contributed by atoms with van der Waals surface area (Å²) in [4.78, 5) is 77.8. The summed E-state index contributed by atoms with van der Waals surface area (Å²) in [6.45, 7) is 1.64. The van der Waals surface area contributed by atoms with Gasteiger partial charge in [-0.15, -0.1) is 23.5 Å². The fourth-order valence-corrected chi connectivity index (χ4v) is 10.8. The Labute approximate surface area is 325 Å². The number of H-pyrrole nitrogens is 1. The normalized spacial score (nSPS) is 25.6. The highest BCUT2D eigenvalue weighted by Crippen LogP contribution is 2.67. The molecule has 3 aromatic carbocycles. The lowest BCUT2D eigenvalue weighted by atomic mass is 9.70. The van der Waals surface area contributed by atoms with Gasteiger partial charge < -0.3 is 40.3 Å². The Morgan fingerprint density at radius 2 is 1.61 bits per heavy atom. The number of nitrogens with zero attached hydrogens (tertiary/aromatic N) is 4. The van der Waals surface area contributed by atoms with Crippen molar-refractivity contribution in [2.45, 2.75) is 34.4 Å². The minimum absolute atomic E-state index is 0.00522. The van der Waals surface area contributed by atoms with Crippen LogP contribution in [-0.4, -0.2) is 100 Å². The third-order valence-corrected chi connectivity index (χ3v) is 14.3. The van der Waals surface area contributed by atoms with E-state index in [0.717, 1.165) is 35.1 Å². The molecule has 0 saturated carbocycles. The molecule has 2 fully saturated rings. The molecule has 56 heavy (non-hydrogen) atoms. The van der Waals surface area contributed by atoms with Crippen molar-refractivity contribution in [2.24, 2.45) is 0 Å². The Bertz CT molecular complexity index is 2790. The number of piperazine rings is 1. The lowest BCUT2D eigenvalue weighted by Gasteiger charge is -2.54. The number of benzene rings is 4. The van der Waals surface area contributed by atoms with E-state index in [1.165, 1.54) is 29.0 Å². The first-order valence-corrected chi connectivity index (χ1v) is 19.7. The number of amides is 2. The van der Waals surface area contributed by atoms with Gasteiger partial charge in [0.05, 0.1) is 16.8 Å². The maximum absolute atomic E-state index is 15.3. The highest BCUT2D eigenvalue weighted by Gasteiger charge is 2.80. The van der Waals surface area contributed by atoms with E-state index < -0.39 is 73.4 Å². The van der Waals surface area contributed by atoms with Crippen LogP contribution in [0.3, 0.4) is 0 Å². The molecule has 17 heteroatoms. The van der Waals surface area contributed by atoms with Gasteiger partial charge in [0.25, 0.3) is 11.8 Å². The van der Waals surface area contributed by atoms with Crippen LogP contribution >= 0.6 is 23.5 Å². The number of carboxylic acids is 2. The molecule has 6 N–H and O–H groups in total. The van der Waals surface area contributed by atoms with Crippen molar-refractivity contribution >= 4 is 86.3 Å². The van der Waals surface area contributed by atoms with Crippen molar-refractivity contribution in [3.63, 3.8) is 0 Å². The zero-order chi connectivity index (χ0) is 39.8. The van der Waals surface area contributed by atoms with E-state index in [4.69, 9.17) is 10.2 Å². The number of anilines is 3. The molecular formula is C39H32N6O9S2. The quantitative estimate of drug-likeness (QED) is 0.117. The monoisotopic (exact) mass is 792 g/mol. The fraction of sp³-hybridized carbons (Fsp3) is 0.231. The van der Waals surface area contributed by atoms with Gasteiger partial charge in [-0.2, -0.15) is 0 Å². The molecule has 9 rings (SSSR count). The van der Waals surface area contributed by atoms with Crippen LogP contribution in [0.5, 0.6) is 0 Å². The number of nitrogen functional groups attached to an aromatic ring is 1. The van der Waals surface area contributed by atoms with Gasteiger partial charge in [0.1, 0.15) is 34.6 Å². The maximum Gasteiger partial charge on any atom is 0.340 e. The largest absolute Gasteiger partial charge is 0.478 e. The van der Waals surface area contributed by atoms with Gasteiger partial charge in [0.15, 0.2) is 21.1 Å². The van der Waals surface area contributed by atoms with Crippen LogP contribution in [0.2, 0.25) is 0 Å². The van der Waals surface area contributed by atoms with E-state index in [1.54, 1.807) is 54.8 Å². The first-order valence-electron chi connectivity index (χ1n) is 17.2. The number of aromatic carboxylic acids is 2. The van der Waals surface area contributed by atoms with E-state index in [2.05, 4.69) is 9.97 Å². The number of thioether (sulfide) groups is 2. The predicted octanol–water partition coefficient (Wildman–Crippen LogP) is 4.33.